The van der Waals surface area contributed by atoms with Crippen molar-refractivity contribution >= 4 is 11.3 Å². The molecule has 0 aliphatic heterocycles. The molecule has 0 fully saturated rings. The highest BCUT2D eigenvalue weighted by molar-refractivity contribution is 7.11. The molecule has 0 aromatic carbocycles. The van der Waals surface area contributed by atoms with Crippen LogP contribution in [0, 0.1) is 13.8 Å². The number of rotatable bonds is 12. The summed E-state index contributed by atoms with van der Waals surface area (Å²) in [4.78, 5) is 6.08. The predicted octanol–water partition coefficient (Wildman–Crippen LogP) is 5.42. The molecule has 0 bridgehead atoms. The lowest BCUT2D eigenvalue weighted by molar-refractivity contribution is 0.449. The van der Waals surface area contributed by atoms with E-state index in [-0.39, 0.29) is 0 Å². The topological polar surface area (TPSA) is 24.9 Å². The van der Waals surface area contributed by atoms with E-state index in [4.69, 9.17) is 4.98 Å². The van der Waals surface area contributed by atoms with Gasteiger partial charge in [-0.15, -0.1) is 11.3 Å². The zero-order valence-corrected chi connectivity index (χ0v) is 15.3. The fraction of sp³-hybridized carbons (Fsp3) is 0.833. The van der Waals surface area contributed by atoms with Crippen molar-refractivity contribution in [2.24, 2.45) is 0 Å². The first-order valence-corrected chi connectivity index (χ1v) is 9.65. The molecule has 0 saturated carbocycles. The number of hydrogen-bond acceptors (Lipinski definition) is 3. The number of nitrogens with one attached hydrogen (secondary N) is 1. The molecular formula is C18H34N2S. The summed E-state index contributed by atoms with van der Waals surface area (Å²) in [5.74, 6) is 0. The Balaban J connectivity index is 2.33. The second-order valence-electron chi connectivity index (χ2n) is 6.16. The van der Waals surface area contributed by atoms with E-state index in [9.17, 15) is 0 Å². The summed E-state index contributed by atoms with van der Waals surface area (Å²) in [7, 11) is 0. The Hall–Kier alpha value is -0.410. The fourth-order valence-electron chi connectivity index (χ4n) is 2.63. The van der Waals surface area contributed by atoms with E-state index in [0.29, 0.717) is 6.04 Å². The molecule has 1 N–H and O–H groups in total. The third kappa shape index (κ3) is 7.96. The normalized spacial score (nSPS) is 12.8. The average Bonchev–Trinajstić information content (AvgIpc) is 2.78. The molecule has 0 amide bonds. The third-order valence-electron chi connectivity index (χ3n) is 4.08. The molecule has 0 spiro atoms. The van der Waals surface area contributed by atoms with Gasteiger partial charge in [-0.25, -0.2) is 4.98 Å². The second-order valence-corrected chi connectivity index (χ2v) is 7.45. The van der Waals surface area contributed by atoms with Crippen LogP contribution >= 0.6 is 11.3 Å². The van der Waals surface area contributed by atoms with Gasteiger partial charge in [0.2, 0.25) is 0 Å². The molecule has 1 heterocycles. The SMILES string of the molecule is CCCCCCCCC(Cc1nc(C)c(C)s1)NCCC. The molecule has 1 unspecified atom stereocenters. The minimum absolute atomic E-state index is 0.612. The highest BCUT2D eigenvalue weighted by atomic mass is 32.1. The minimum Gasteiger partial charge on any atom is -0.314 e. The Bertz CT molecular complexity index is 354. The van der Waals surface area contributed by atoms with Crippen LogP contribution in [0.25, 0.3) is 0 Å². The van der Waals surface area contributed by atoms with Gasteiger partial charge >= 0.3 is 0 Å². The van der Waals surface area contributed by atoms with Crippen molar-refractivity contribution in [1.29, 1.82) is 0 Å². The van der Waals surface area contributed by atoms with Gasteiger partial charge in [0.1, 0.15) is 0 Å². The molecule has 0 aliphatic rings. The van der Waals surface area contributed by atoms with Gasteiger partial charge in [-0.05, 0) is 33.2 Å². The first kappa shape index (κ1) is 18.6. The van der Waals surface area contributed by atoms with Crippen molar-refractivity contribution in [3.8, 4) is 0 Å². The summed E-state index contributed by atoms with van der Waals surface area (Å²) in [5.41, 5.74) is 1.21. The van der Waals surface area contributed by atoms with Crippen molar-refractivity contribution in [1.82, 2.24) is 10.3 Å². The molecule has 0 aliphatic carbocycles. The molecule has 1 aromatic rings. The smallest absolute Gasteiger partial charge is 0.0946 e. The van der Waals surface area contributed by atoms with Crippen molar-refractivity contribution < 1.29 is 0 Å². The van der Waals surface area contributed by atoms with Gasteiger partial charge in [-0.3, -0.25) is 0 Å². The molecule has 1 rings (SSSR count). The van der Waals surface area contributed by atoms with E-state index < -0.39 is 0 Å². The lowest BCUT2D eigenvalue weighted by atomic mass is 10.0. The quantitative estimate of drug-likeness (QED) is 0.521. The molecule has 0 radical (unpaired) electrons. The van der Waals surface area contributed by atoms with Gasteiger partial charge in [0, 0.05) is 17.3 Å². The van der Waals surface area contributed by atoms with Crippen LogP contribution in [0.5, 0.6) is 0 Å². The van der Waals surface area contributed by atoms with E-state index in [0.717, 1.165) is 13.0 Å². The second kappa shape index (κ2) is 11.2. The molecule has 2 nitrogen and oxygen atoms in total. The summed E-state index contributed by atoms with van der Waals surface area (Å²) < 4.78 is 0. The zero-order chi connectivity index (χ0) is 15.5. The number of unbranched alkanes of at least 4 members (excludes halogenated alkanes) is 5. The molecule has 1 atom stereocenters. The highest BCUT2D eigenvalue weighted by Gasteiger charge is 2.12. The first-order chi connectivity index (χ1) is 10.2. The van der Waals surface area contributed by atoms with Crippen molar-refractivity contribution in [3.05, 3.63) is 15.6 Å². The Morgan fingerprint density at radius 2 is 1.71 bits per heavy atom. The maximum atomic E-state index is 4.71. The van der Waals surface area contributed by atoms with Crippen LogP contribution in [0.1, 0.15) is 80.8 Å². The molecular weight excluding hydrogens is 276 g/mol. The predicted molar refractivity (Wildman–Crippen MR) is 95.4 cm³/mol. The van der Waals surface area contributed by atoms with E-state index in [1.807, 2.05) is 11.3 Å². The Kier molecular flexibility index (Phi) is 9.94. The number of hydrogen-bond donors (Lipinski definition) is 1. The summed E-state index contributed by atoms with van der Waals surface area (Å²) in [6, 6.07) is 0.612. The standard InChI is InChI=1S/C18H34N2S/c1-5-7-8-9-10-11-12-17(19-13-6-2)14-18-20-15(3)16(4)21-18/h17,19H,5-14H2,1-4H3. The molecule has 21 heavy (non-hydrogen) atoms. The third-order valence-corrected chi connectivity index (χ3v) is 5.18. The molecule has 122 valence electrons. The van der Waals surface area contributed by atoms with Crippen LogP contribution in [-0.4, -0.2) is 17.6 Å². The maximum absolute atomic E-state index is 4.71. The number of aromatic nitrogens is 1. The van der Waals surface area contributed by atoms with Crippen LogP contribution in [0.4, 0.5) is 0 Å². The van der Waals surface area contributed by atoms with E-state index in [1.54, 1.807) is 0 Å². The number of nitrogens with zero attached hydrogens (tertiary/aromatic N) is 1. The fourth-order valence-corrected chi connectivity index (χ4v) is 3.65. The number of thiazole rings is 1. The first-order valence-electron chi connectivity index (χ1n) is 8.83. The molecule has 3 heteroatoms. The van der Waals surface area contributed by atoms with Gasteiger partial charge < -0.3 is 5.32 Å². The van der Waals surface area contributed by atoms with Crippen LogP contribution < -0.4 is 5.32 Å². The summed E-state index contributed by atoms with van der Waals surface area (Å²) in [6.07, 6.45) is 11.9. The lowest BCUT2D eigenvalue weighted by Gasteiger charge is -2.17. The van der Waals surface area contributed by atoms with Gasteiger partial charge in [0.05, 0.1) is 10.7 Å². The highest BCUT2D eigenvalue weighted by Crippen LogP contribution is 2.19. The Morgan fingerprint density at radius 3 is 2.33 bits per heavy atom. The monoisotopic (exact) mass is 310 g/mol. The minimum atomic E-state index is 0.612. The van der Waals surface area contributed by atoms with Gasteiger partial charge in [-0.1, -0.05) is 52.4 Å². The van der Waals surface area contributed by atoms with Gasteiger partial charge in [0.15, 0.2) is 0 Å². The van der Waals surface area contributed by atoms with Crippen LogP contribution in [0.3, 0.4) is 0 Å². The van der Waals surface area contributed by atoms with Crippen molar-refractivity contribution in [3.63, 3.8) is 0 Å². The Morgan fingerprint density at radius 1 is 1.00 bits per heavy atom. The van der Waals surface area contributed by atoms with E-state index in [2.05, 4.69) is 33.0 Å². The molecule has 0 saturated heterocycles. The average molecular weight is 311 g/mol. The van der Waals surface area contributed by atoms with Crippen molar-refractivity contribution in [2.75, 3.05) is 6.54 Å². The van der Waals surface area contributed by atoms with Gasteiger partial charge in [0.25, 0.3) is 0 Å². The Labute approximate surface area is 135 Å². The van der Waals surface area contributed by atoms with E-state index >= 15 is 0 Å². The zero-order valence-electron chi connectivity index (χ0n) is 14.5. The maximum Gasteiger partial charge on any atom is 0.0946 e. The van der Waals surface area contributed by atoms with Crippen LogP contribution in [0.2, 0.25) is 0 Å². The lowest BCUT2D eigenvalue weighted by Crippen LogP contribution is -2.31. The van der Waals surface area contributed by atoms with Crippen LogP contribution in [0.15, 0.2) is 0 Å². The molecule has 1 aromatic heterocycles. The summed E-state index contributed by atoms with van der Waals surface area (Å²) in [5, 5.41) is 5.03. The van der Waals surface area contributed by atoms with E-state index in [1.165, 1.54) is 66.9 Å². The van der Waals surface area contributed by atoms with Crippen LogP contribution in [-0.2, 0) is 6.42 Å². The number of aryl methyl sites for hydroxylation is 2. The summed E-state index contributed by atoms with van der Waals surface area (Å²) >= 11 is 1.88. The van der Waals surface area contributed by atoms with Crippen molar-refractivity contribution in [2.45, 2.75) is 91.5 Å². The van der Waals surface area contributed by atoms with Gasteiger partial charge in [-0.2, -0.15) is 0 Å². The summed E-state index contributed by atoms with van der Waals surface area (Å²) in [6.45, 7) is 9.95. The largest absolute Gasteiger partial charge is 0.314 e.